The van der Waals surface area contributed by atoms with Gasteiger partial charge in [0.25, 0.3) is 11.8 Å². The van der Waals surface area contributed by atoms with Gasteiger partial charge in [0.1, 0.15) is 5.70 Å². The number of nitrogens with zero attached hydrogens (tertiary/aromatic N) is 2. The SMILES string of the molecule is Cc1cccc(N2C(=O)C(Nc3ccc(N4CCC(C)CC4)cc3)=C(c3cccs3)C2=O)c1. The van der Waals surface area contributed by atoms with Gasteiger partial charge >= 0.3 is 0 Å². The highest BCUT2D eigenvalue weighted by Crippen LogP contribution is 2.36. The van der Waals surface area contributed by atoms with Crippen LogP contribution in [-0.2, 0) is 9.59 Å². The number of rotatable bonds is 5. The molecule has 2 aliphatic rings. The largest absolute Gasteiger partial charge is 0.372 e. The highest BCUT2D eigenvalue weighted by Gasteiger charge is 2.40. The van der Waals surface area contributed by atoms with Gasteiger partial charge in [-0.1, -0.05) is 25.1 Å². The summed E-state index contributed by atoms with van der Waals surface area (Å²) < 4.78 is 0. The van der Waals surface area contributed by atoms with Crippen molar-refractivity contribution < 1.29 is 9.59 Å². The van der Waals surface area contributed by atoms with Crippen LogP contribution in [0.3, 0.4) is 0 Å². The molecule has 6 heteroatoms. The summed E-state index contributed by atoms with van der Waals surface area (Å²) >= 11 is 1.46. The first-order valence-corrected chi connectivity index (χ1v) is 12.2. The van der Waals surface area contributed by atoms with Crippen LogP contribution >= 0.6 is 11.3 Å². The first-order chi connectivity index (χ1) is 16.0. The van der Waals surface area contributed by atoms with Gasteiger partial charge in [-0.05, 0) is 79.1 Å². The van der Waals surface area contributed by atoms with Crippen LogP contribution in [0.25, 0.3) is 5.57 Å². The fourth-order valence-electron chi connectivity index (χ4n) is 4.46. The Labute approximate surface area is 198 Å². The molecule has 1 fully saturated rings. The van der Waals surface area contributed by atoms with Crippen molar-refractivity contribution in [3.8, 4) is 0 Å². The van der Waals surface area contributed by atoms with Crippen molar-refractivity contribution in [3.05, 3.63) is 82.2 Å². The molecule has 1 aromatic heterocycles. The van der Waals surface area contributed by atoms with Gasteiger partial charge in [-0.2, -0.15) is 0 Å². The standard InChI is InChI=1S/C27H27N3O2S/c1-18-12-14-29(15-13-18)21-10-8-20(9-11-21)28-25-24(23-7-4-16-33-23)26(31)30(27(25)32)22-6-3-5-19(2)17-22/h3-11,16-18,28H,12-15H2,1-2H3. The molecule has 2 aromatic carbocycles. The summed E-state index contributed by atoms with van der Waals surface area (Å²) in [6.45, 7) is 6.40. The van der Waals surface area contributed by atoms with E-state index in [0.717, 1.165) is 35.1 Å². The predicted molar refractivity (Wildman–Crippen MR) is 136 cm³/mol. The van der Waals surface area contributed by atoms with E-state index in [9.17, 15) is 9.59 Å². The summed E-state index contributed by atoms with van der Waals surface area (Å²) in [6, 6.07) is 19.4. The summed E-state index contributed by atoms with van der Waals surface area (Å²) in [5, 5.41) is 5.18. The molecule has 3 heterocycles. The van der Waals surface area contributed by atoms with Crippen molar-refractivity contribution in [1.82, 2.24) is 0 Å². The molecule has 2 aliphatic heterocycles. The smallest absolute Gasteiger partial charge is 0.282 e. The molecule has 0 radical (unpaired) electrons. The lowest BCUT2D eigenvalue weighted by atomic mass is 9.99. The van der Waals surface area contributed by atoms with Crippen LogP contribution in [0.1, 0.15) is 30.2 Å². The third kappa shape index (κ3) is 4.18. The third-order valence-electron chi connectivity index (χ3n) is 6.40. The maximum Gasteiger partial charge on any atom is 0.282 e. The van der Waals surface area contributed by atoms with Gasteiger partial charge < -0.3 is 10.2 Å². The van der Waals surface area contributed by atoms with Crippen LogP contribution in [0.2, 0.25) is 0 Å². The molecule has 1 N–H and O–H groups in total. The number of piperidine rings is 1. The summed E-state index contributed by atoms with van der Waals surface area (Å²) in [6.07, 6.45) is 2.42. The van der Waals surface area contributed by atoms with Gasteiger partial charge in [0.05, 0.1) is 11.3 Å². The van der Waals surface area contributed by atoms with E-state index in [1.54, 1.807) is 6.07 Å². The molecule has 0 bridgehead atoms. The summed E-state index contributed by atoms with van der Waals surface area (Å²) in [4.78, 5) is 31.3. The number of imide groups is 1. The molecule has 2 amide bonds. The Morgan fingerprint density at radius 3 is 2.33 bits per heavy atom. The summed E-state index contributed by atoms with van der Waals surface area (Å²) in [5.41, 5.74) is 4.31. The minimum atomic E-state index is -0.330. The van der Waals surface area contributed by atoms with Gasteiger partial charge in [-0.15, -0.1) is 11.3 Å². The minimum absolute atomic E-state index is 0.297. The van der Waals surface area contributed by atoms with Gasteiger partial charge in [-0.25, -0.2) is 4.90 Å². The lowest BCUT2D eigenvalue weighted by Crippen LogP contribution is -2.32. The maximum atomic E-state index is 13.5. The quantitative estimate of drug-likeness (QED) is 0.500. The molecule has 5 rings (SSSR count). The second kappa shape index (κ2) is 8.87. The topological polar surface area (TPSA) is 52.7 Å². The zero-order chi connectivity index (χ0) is 22.9. The maximum absolute atomic E-state index is 13.5. The van der Waals surface area contributed by atoms with Crippen molar-refractivity contribution in [2.75, 3.05) is 28.2 Å². The second-order valence-electron chi connectivity index (χ2n) is 8.85. The monoisotopic (exact) mass is 457 g/mol. The van der Waals surface area contributed by atoms with E-state index in [0.29, 0.717) is 17.0 Å². The van der Waals surface area contributed by atoms with Crippen molar-refractivity contribution >= 4 is 45.8 Å². The Morgan fingerprint density at radius 1 is 0.909 bits per heavy atom. The normalized spacial score (nSPS) is 17.3. The molecule has 0 unspecified atom stereocenters. The number of carbonyl (C=O) groups is 2. The van der Waals surface area contributed by atoms with Gasteiger partial charge in [0.2, 0.25) is 0 Å². The van der Waals surface area contributed by atoms with E-state index in [4.69, 9.17) is 0 Å². The van der Waals surface area contributed by atoms with Gasteiger partial charge in [0, 0.05) is 29.3 Å². The molecule has 33 heavy (non-hydrogen) atoms. The Morgan fingerprint density at radius 2 is 1.67 bits per heavy atom. The number of hydrogen-bond donors (Lipinski definition) is 1. The fraction of sp³-hybridized carbons (Fsp3) is 0.259. The second-order valence-corrected chi connectivity index (χ2v) is 9.80. The van der Waals surface area contributed by atoms with Crippen LogP contribution in [-0.4, -0.2) is 24.9 Å². The number of carbonyl (C=O) groups excluding carboxylic acids is 2. The number of amides is 2. The first kappa shape index (κ1) is 21.5. The number of thiophene rings is 1. The Hall–Kier alpha value is -3.38. The lowest BCUT2D eigenvalue weighted by Gasteiger charge is -2.32. The van der Waals surface area contributed by atoms with Crippen LogP contribution < -0.4 is 15.1 Å². The average Bonchev–Trinajstić information content (AvgIpc) is 3.41. The summed E-state index contributed by atoms with van der Waals surface area (Å²) in [7, 11) is 0. The number of nitrogens with one attached hydrogen (secondary N) is 1. The molecule has 1 saturated heterocycles. The van der Waals surface area contributed by atoms with Crippen LogP contribution in [0.15, 0.2) is 71.7 Å². The van der Waals surface area contributed by atoms with E-state index in [2.05, 4.69) is 29.3 Å². The minimum Gasteiger partial charge on any atom is -0.372 e. The molecule has 0 saturated carbocycles. The molecule has 0 aliphatic carbocycles. The van der Waals surface area contributed by atoms with Gasteiger partial charge in [-0.3, -0.25) is 9.59 Å². The molecule has 0 atom stereocenters. The van der Waals surface area contributed by atoms with E-state index >= 15 is 0 Å². The number of aryl methyl sites for hydroxylation is 1. The lowest BCUT2D eigenvalue weighted by molar-refractivity contribution is -0.120. The summed E-state index contributed by atoms with van der Waals surface area (Å²) in [5.74, 6) is 0.157. The van der Waals surface area contributed by atoms with Crippen molar-refractivity contribution in [1.29, 1.82) is 0 Å². The average molecular weight is 458 g/mol. The predicted octanol–water partition coefficient (Wildman–Crippen LogP) is 5.69. The highest BCUT2D eigenvalue weighted by molar-refractivity contribution is 7.11. The molecular weight excluding hydrogens is 430 g/mol. The van der Waals surface area contributed by atoms with E-state index in [1.807, 2.05) is 54.8 Å². The third-order valence-corrected chi connectivity index (χ3v) is 7.28. The zero-order valence-electron chi connectivity index (χ0n) is 18.9. The van der Waals surface area contributed by atoms with Crippen molar-refractivity contribution in [2.45, 2.75) is 26.7 Å². The molecular formula is C27H27N3O2S. The Balaban J connectivity index is 1.44. The number of hydrogen-bond acceptors (Lipinski definition) is 5. The Bertz CT molecular complexity index is 1210. The number of benzene rings is 2. The molecule has 0 spiro atoms. The molecule has 5 nitrogen and oxygen atoms in total. The molecule has 3 aromatic rings. The zero-order valence-corrected chi connectivity index (χ0v) is 19.7. The van der Waals surface area contributed by atoms with E-state index in [1.165, 1.54) is 34.8 Å². The number of anilines is 3. The Kier molecular flexibility index (Phi) is 5.77. The van der Waals surface area contributed by atoms with E-state index < -0.39 is 0 Å². The first-order valence-electron chi connectivity index (χ1n) is 11.4. The fourth-order valence-corrected chi connectivity index (χ4v) is 5.23. The van der Waals surface area contributed by atoms with Crippen LogP contribution in [0.4, 0.5) is 17.1 Å². The van der Waals surface area contributed by atoms with Crippen LogP contribution in [0, 0.1) is 12.8 Å². The van der Waals surface area contributed by atoms with E-state index in [-0.39, 0.29) is 11.8 Å². The van der Waals surface area contributed by atoms with Crippen LogP contribution in [0.5, 0.6) is 0 Å². The highest BCUT2D eigenvalue weighted by atomic mass is 32.1. The molecule has 168 valence electrons. The van der Waals surface area contributed by atoms with Gasteiger partial charge in [0.15, 0.2) is 0 Å². The van der Waals surface area contributed by atoms with Crippen molar-refractivity contribution in [2.24, 2.45) is 5.92 Å². The van der Waals surface area contributed by atoms with Crippen molar-refractivity contribution in [3.63, 3.8) is 0 Å².